The van der Waals surface area contributed by atoms with Crippen LogP contribution in [0.1, 0.15) is 16.7 Å². The smallest absolute Gasteiger partial charge is 0.258 e. The van der Waals surface area contributed by atoms with Crippen LogP contribution in [0.25, 0.3) is 11.3 Å². The molecular formula is C24H21ClIN3O. The molecule has 30 heavy (non-hydrogen) atoms. The Hall–Kier alpha value is -2.35. The number of nitrogens with zero attached hydrogens (tertiary/aromatic N) is 1. The van der Waals surface area contributed by atoms with Gasteiger partial charge in [0.25, 0.3) is 5.91 Å². The third-order valence-electron chi connectivity index (χ3n) is 4.81. The van der Waals surface area contributed by atoms with Gasteiger partial charge in [0.1, 0.15) is 0 Å². The van der Waals surface area contributed by atoms with Crippen LogP contribution in [0.5, 0.6) is 0 Å². The SMILES string of the molecule is CN(C)Cc1ccc(NC(=C2C(=O)Nc3cc(Cl)ccc32)c2cccc(I)c2)cc1. The monoisotopic (exact) mass is 529 g/mol. The highest BCUT2D eigenvalue weighted by atomic mass is 127. The van der Waals surface area contributed by atoms with Gasteiger partial charge in [-0.1, -0.05) is 41.9 Å². The van der Waals surface area contributed by atoms with Gasteiger partial charge in [-0.15, -0.1) is 0 Å². The van der Waals surface area contributed by atoms with E-state index in [1.54, 1.807) is 6.07 Å². The summed E-state index contributed by atoms with van der Waals surface area (Å²) in [5.41, 5.74) is 6.06. The minimum atomic E-state index is -0.141. The average molecular weight is 530 g/mol. The van der Waals surface area contributed by atoms with Gasteiger partial charge < -0.3 is 15.5 Å². The molecule has 0 atom stereocenters. The number of nitrogens with one attached hydrogen (secondary N) is 2. The number of rotatable bonds is 5. The number of carbonyl (C=O) groups is 1. The van der Waals surface area contributed by atoms with Crippen LogP contribution in [0.2, 0.25) is 5.02 Å². The minimum Gasteiger partial charge on any atom is -0.354 e. The van der Waals surface area contributed by atoms with Gasteiger partial charge >= 0.3 is 0 Å². The van der Waals surface area contributed by atoms with E-state index in [0.29, 0.717) is 10.6 Å². The molecule has 0 aliphatic carbocycles. The molecule has 1 aliphatic heterocycles. The molecule has 0 fully saturated rings. The summed E-state index contributed by atoms with van der Waals surface area (Å²) in [5, 5.41) is 7.03. The first kappa shape index (κ1) is 20.9. The number of benzene rings is 3. The summed E-state index contributed by atoms with van der Waals surface area (Å²) in [6.07, 6.45) is 0. The largest absolute Gasteiger partial charge is 0.354 e. The van der Waals surface area contributed by atoms with Crippen LogP contribution in [0.4, 0.5) is 11.4 Å². The fourth-order valence-electron chi connectivity index (χ4n) is 3.52. The van der Waals surface area contributed by atoms with Gasteiger partial charge in [0.05, 0.1) is 17.0 Å². The quantitative estimate of drug-likeness (QED) is 0.318. The van der Waals surface area contributed by atoms with Crippen LogP contribution in [0, 0.1) is 3.57 Å². The second-order valence-corrected chi connectivity index (χ2v) is 9.15. The molecule has 1 amide bonds. The zero-order chi connectivity index (χ0) is 21.3. The fourth-order valence-corrected chi connectivity index (χ4v) is 4.23. The van der Waals surface area contributed by atoms with Gasteiger partial charge in [-0.2, -0.15) is 0 Å². The Morgan fingerprint density at radius 2 is 1.83 bits per heavy atom. The number of amides is 1. The fraction of sp³-hybridized carbons (Fsp3) is 0.125. The normalized spacial score (nSPS) is 14.5. The molecule has 0 bridgehead atoms. The molecule has 6 heteroatoms. The number of hydrogen-bond donors (Lipinski definition) is 2. The molecule has 1 aliphatic rings. The van der Waals surface area contributed by atoms with Gasteiger partial charge in [0.2, 0.25) is 0 Å². The van der Waals surface area contributed by atoms with E-state index in [1.807, 2.05) is 56.6 Å². The molecule has 1 heterocycles. The Kier molecular flexibility index (Phi) is 6.13. The van der Waals surface area contributed by atoms with E-state index in [9.17, 15) is 4.79 Å². The summed E-state index contributed by atoms with van der Waals surface area (Å²) < 4.78 is 1.10. The lowest BCUT2D eigenvalue weighted by Crippen LogP contribution is -2.11. The van der Waals surface area contributed by atoms with Crippen molar-refractivity contribution in [2.75, 3.05) is 24.7 Å². The van der Waals surface area contributed by atoms with Crippen LogP contribution in [-0.4, -0.2) is 24.9 Å². The second-order valence-electron chi connectivity index (χ2n) is 7.46. The zero-order valence-electron chi connectivity index (χ0n) is 16.7. The second kappa shape index (κ2) is 8.79. The molecule has 2 N–H and O–H groups in total. The molecule has 4 rings (SSSR count). The first-order chi connectivity index (χ1) is 14.4. The number of carbonyl (C=O) groups excluding carboxylic acids is 1. The van der Waals surface area contributed by atoms with Gasteiger partial charge in [-0.25, -0.2) is 0 Å². The number of hydrogen-bond acceptors (Lipinski definition) is 3. The van der Waals surface area contributed by atoms with Crippen molar-refractivity contribution in [3.8, 4) is 0 Å². The number of fused-ring (bicyclic) bond motifs is 1. The van der Waals surface area contributed by atoms with E-state index in [1.165, 1.54) is 5.56 Å². The third kappa shape index (κ3) is 4.53. The van der Waals surface area contributed by atoms with Crippen molar-refractivity contribution in [3.05, 3.63) is 92.0 Å². The van der Waals surface area contributed by atoms with Gasteiger partial charge in [-0.05, 0) is 84.2 Å². The molecule has 3 aromatic carbocycles. The van der Waals surface area contributed by atoms with Crippen molar-refractivity contribution in [1.29, 1.82) is 0 Å². The van der Waals surface area contributed by atoms with E-state index in [0.717, 1.165) is 38.3 Å². The number of anilines is 2. The standard InChI is InChI=1S/C24H21ClIN3O/c1-29(2)14-15-6-9-19(10-7-15)27-23(16-4-3-5-18(26)12-16)22-20-11-8-17(25)13-21(20)28-24(22)30/h3-13,27H,14H2,1-2H3,(H,28,30). The van der Waals surface area contributed by atoms with Crippen molar-refractivity contribution in [1.82, 2.24) is 4.90 Å². The van der Waals surface area contributed by atoms with E-state index in [4.69, 9.17) is 11.6 Å². The van der Waals surface area contributed by atoms with Crippen molar-refractivity contribution >= 4 is 62.7 Å². The topological polar surface area (TPSA) is 44.4 Å². The summed E-state index contributed by atoms with van der Waals surface area (Å²) in [6, 6.07) is 21.9. The molecular weight excluding hydrogens is 509 g/mol. The van der Waals surface area contributed by atoms with Gasteiger partial charge in [0, 0.05) is 26.4 Å². The lowest BCUT2D eigenvalue weighted by molar-refractivity contribution is -0.110. The summed E-state index contributed by atoms with van der Waals surface area (Å²) >= 11 is 8.41. The van der Waals surface area contributed by atoms with E-state index < -0.39 is 0 Å². The Bertz CT molecular complexity index is 1140. The molecule has 3 aromatic rings. The maximum Gasteiger partial charge on any atom is 0.258 e. The maximum absolute atomic E-state index is 12.9. The first-order valence-electron chi connectivity index (χ1n) is 9.53. The lowest BCUT2D eigenvalue weighted by Gasteiger charge is -2.16. The van der Waals surface area contributed by atoms with Crippen molar-refractivity contribution < 1.29 is 4.79 Å². The zero-order valence-corrected chi connectivity index (χ0v) is 19.6. The molecule has 0 spiro atoms. The Labute approximate surface area is 195 Å². The molecule has 0 saturated carbocycles. The highest BCUT2D eigenvalue weighted by Gasteiger charge is 2.28. The van der Waals surface area contributed by atoms with Gasteiger partial charge in [-0.3, -0.25) is 4.79 Å². The van der Waals surface area contributed by atoms with Crippen LogP contribution in [-0.2, 0) is 11.3 Å². The van der Waals surface area contributed by atoms with Crippen molar-refractivity contribution in [2.45, 2.75) is 6.54 Å². The predicted octanol–water partition coefficient (Wildman–Crippen LogP) is 5.94. The Morgan fingerprint density at radius 1 is 1.07 bits per heavy atom. The van der Waals surface area contributed by atoms with E-state index in [2.05, 4.69) is 56.3 Å². The first-order valence-corrected chi connectivity index (χ1v) is 11.0. The highest BCUT2D eigenvalue weighted by Crippen LogP contribution is 2.39. The van der Waals surface area contributed by atoms with Crippen LogP contribution >= 0.6 is 34.2 Å². The summed E-state index contributed by atoms with van der Waals surface area (Å²) in [4.78, 5) is 15.1. The summed E-state index contributed by atoms with van der Waals surface area (Å²) in [7, 11) is 4.10. The summed E-state index contributed by atoms with van der Waals surface area (Å²) in [6.45, 7) is 0.877. The lowest BCUT2D eigenvalue weighted by atomic mass is 10.00. The molecule has 152 valence electrons. The van der Waals surface area contributed by atoms with Crippen LogP contribution in [0.15, 0.2) is 66.7 Å². The molecule has 0 radical (unpaired) electrons. The molecule has 0 saturated heterocycles. The van der Waals surface area contributed by atoms with Crippen molar-refractivity contribution in [3.63, 3.8) is 0 Å². The average Bonchev–Trinajstić information content (AvgIpc) is 3.01. The Balaban J connectivity index is 1.81. The van der Waals surface area contributed by atoms with Crippen molar-refractivity contribution in [2.24, 2.45) is 0 Å². The predicted molar refractivity (Wildman–Crippen MR) is 134 cm³/mol. The van der Waals surface area contributed by atoms with Gasteiger partial charge in [0.15, 0.2) is 0 Å². The maximum atomic E-state index is 12.9. The van der Waals surface area contributed by atoms with Crippen LogP contribution in [0.3, 0.4) is 0 Å². The van der Waals surface area contributed by atoms with Crippen LogP contribution < -0.4 is 10.6 Å². The molecule has 4 nitrogen and oxygen atoms in total. The highest BCUT2D eigenvalue weighted by molar-refractivity contribution is 14.1. The molecule has 0 unspecified atom stereocenters. The molecule has 0 aromatic heterocycles. The Morgan fingerprint density at radius 3 is 2.53 bits per heavy atom. The number of halogens is 2. The third-order valence-corrected chi connectivity index (χ3v) is 5.72. The van der Waals surface area contributed by atoms with E-state index in [-0.39, 0.29) is 5.91 Å². The minimum absolute atomic E-state index is 0.141. The van der Waals surface area contributed by atoms with E-state index >= 15 is 0 Å². The summed E-state index contributed by atoms with van der Waals surface area (Å²) in [5.74, 6) is -0.141.